The van der Waals surface area contributed by atoms with Gasteiger partial charge >= 0.3 is 5.97 Å². The van der Waals surface area contributed by atoms with Crippen molar-refractivity contribution in [3.8, 4) is 0 Å². The van der Waals surface area contributed by atoms with Crippen molar-refractivity contribution in [3.63, 3.8) is 0 Å². The van der Waals surface area contributed by atoms with E-state index in [-0.39, 0.29) is 18.4 Å². The van der Waals surface area contributed by atoms with Gasteiger partial charge in [0.2, 0.25) is 0 Å². The lowest BCUT2D eigenvalue weighted by Gasteiger charge is -2.10. The molecule has 16 heavy (non-hydrogen) atoms. The molecule has 0 heterocycles. The highest BCUT2D eigenvalue weighted by Crippen LogP contribution is 2.14. The molecule has 0 aliphatic heterocycles. The first-order valence-corrected chi connectivity index (χ1v) is 4.99. The summed E-state index contributed by atoms with van der Waals surface area (Å²) in [6.45, 7) is 3.00. The van der Waals surface area contributed by atoms with Gasteiger partial charge in [-0.15, -0.1) is 0 Å². The van der Waals surface area contributed by atoms with Crippen molar-refractivity contribution in [2.45, 2.75) is 26.5 Å². The predicted molar refractivity (Wildman–Crippen MR) is 59.5 cm³/mol. The molecule has 0 saturated carbocycles. The number of benzene rings is 1. The van der Waals surface area contributed by atoms with Gasteiger partial charge in [-0.25, -0.2) is 0 Å². The van der Waals surface area contributed by atoms with Crippen molar-refractivity contribution in [3.05, 3.63) is 35.4 Å². The summed E-state index contributed by atoms with van der Waals surface area (Å²) in [5.41, 5.74) is 7.26. The zero-order valence-electron chi connectivity index (χ0n) is 9.40. The summed E-state index contributed by atoms with van der Waals surface area (Å²) >= 11 is 0. The third kappa shape index (κ3) is 3.47. The maximum Gasteiger partial charge on any atom is 0.302 e. The van der Waals surface area contributed by atoms with E-state index in [1.54, 1.807) is 18.2 Å². The number of carbonyl (C=O) groups excluding carboxylic acids is 2. The first kappa shape index (κ1) is 12.4. The molecule has 1 unspecified atom stereocenters. The molecule has 1 rings (SSSR count). The van der Waals surface area contributed by atoms with Crippen LogP contribution in [0.3, 0.4) is 0 Å². The molecule has 0 aromatic heterocycles. The quantitative estimate of drug-likeness (QED) is 0.779. The van der Waals surface area contributed by atoms with Crippen LogP contribution in [-0.4, -0.2) is 11.8 Å². The van der Waals surface area contributed by atoms with Crippen molar-refractivity contribution in [1.82, 2.24) is 0 Å². The Morgan fingerprint density at radius 1 is 1.38 bits per heavy atom. The highest BCUT2D eigenvalue weighted by Gasteiger charge is 2.11. The topological polar surface area (TPSA) is 69.4 Å². The minimum Gasteiger partial charge on any atom is -0.461 e. The Kier molecular flexibility index (Phi) is 4.19. The molecule has 2 N–H and O–H groups in total. The van der Waals surface area contributed by atoms with E-state index in [0.29, 0.717) is 0 Å². The highest BCUT2D eigenvalue weighted by atomic mass is 16.5. The summed E-state index contributed by atoms with van der Waals surface area (Å²) in [6.07, 6.45) is 0. The number of hydrogen-bond donors (Lipinski definition) is 1. The van der Waals surface area contributed by atoms with E-state index >= 15 is 0 Å². The Hall–Kier alpha value is -1.68. The molecule has 1 atom stereocenters. The fourth-order valence-corrected chi connectivity index (χ4v) is 1.30. The van der Waals surface area contributed by atoms with Crippen molar-refractivity contribution in [1.29, 1.82) is 0 Å². The van der Waals surface area contributed by atoms with Gasteiger partial charge in [-0.2, -0.15) is 0 Å². The summed E-state index contributed by atoms with van der Waals surface area (Å²) in [5, 5.41) is 0. The van der Waals surface area contributed by atoms with Gasteiger partial charge in [0.25, 0.3) is 0 Å². The SMILES string of the molecule is CC(=O)OCc1cccc(C(N)C(C)=O)c1. The van der Waals surface area contributed by atoms with Crippen LogP contribution in [0.4, 0.5) is 0 Å². The summed E-state index contributed by atoms with van der Waals surface area (Å²) in [7, 11) is 0. The smallest absolute Gasteiger partial charge is 0.302 e. The minimum absolute atomic E-state index is 0.0929. The van der Waals surface area contributed by atoms with Crippen molar-refractivity contribution in [2.75, 3.05) is 0 Å². The summed E-state index contributed by atoms with van der Waals surface area (Å²) in [5.74, 6) is -0.425. The lowest BCUT2D eigenvalue weighted by atomic mass is 10.0. The van der Waals surface area contributed by atoms with Crippen LogP contribution in [-0.2, 0) is 20.9 Å². The first-order valence-electron chi connectivity index (χ1n) is 4.99. The molecule has 0 bridgehead atoms. The third-order valence-electron chi connectivity index (χ3n) is 2.19. The molecular weight excluding hydrogens is 206 g/mol. The molecule has 0 aliphatic rings. The lowest BCUT2D eigenvalue weighted by Crippen LogP contribution is -2.18. The fourth-order valence-electron chi connectivity index (χ4n) is 1.30. The molecule has 86 valence electrons. The van der Waals surface area contributed by atoms with Crippen LogP contribution >= 0.6 is 0 Å². The molecule has 4 nitrogen and oxygen atoms in total. The number of ketones is 1. The maximum absolute atomic E-state index is 11.1. The average molecular weight is 221 g/mol. The van der Waals surface area contributed by atoms with E-state index in [9.17, 15) is 9.59 Å². The largest absolute Gasteiger partial charge is 0.461 e. The summed E-state index contributed by atoms with van der Waals surface area (Å²) < 4.78 is 4.86. The number of hydrogen-bond acceptors (Lipinski definition) is 4. The van der Waals surface area contributed by atoms with Crippen LogP contribution in [0.25, 0.3) is 0 Å². The van der Waals surface area contributed by atoms with E-state index in [4.69, 9.17) is 10.5 Å². The van der Waals surface area contributed by atoms with Gasteiger partial charge in [0.15, 0.2) is 5.78 Å². The Morgan fingerprint density at radius 3 is 2.62 bits per heavy atom. The predicted octanol–water partition coefficient (Wildman–Crippen LogP) is 1.34. The van der Waals surface area contributed by atoms with Crippen molar-refractivity contribution < 1.29 is 14.3 Å². The van der Waals surface area contributed by atoms with Gasteiger partial charge in [-0.3, -0.25) is 9.59 Å². The maximum atomic E-state index is 11.1. The van der Waals surface area contributed by atoms with Gasteiger partial charge in [0, 0.05) is 6.92 Å². The number of nitrogens with two attached hydrogens (primary N) is 1. The molecule has 4 heteroatoms. The zero-order chi connectivity index (χ0) is 12.1. The minimum atomic E-state index is -0.614. The van der Waals surface area contributed by atoms with Crippen LogP contribution in [0.1, 0.15) is 31.0 Å². The standard InChI is InChI=1S/C12H15NO3/c1-8(14)12(13)11-5-3-4-10(6-11)7-16-9(2)15/h3-6,12H,7,13H2,1-2H3. The Labute approximate surface area is 94.4 Å². The second-order valence-electron chi connectivity index (χ2n) is 3.61. The Bertz CT molecular complexity index is 401. The van der Waals surface area contributed by atoms with E-state index in [0.717, 1.165) is 11.1 Å². The van der Waals surface area contributed by atoms with Crippen LogP contribution in [0.15, 0.2) is 24.3 Å². The first-order chi connectivity index (χ1) is 7.50. The van der Waals surface area contributed by atoms with Crippen molar-refractivity contribution >= 4 is 11.8 Å². The normalized spacial score (nSPS) is 11.9. The molecule has 1 aromatic carbocycles. The number of Topliss-reactive ketones (excluding diaryl/α,β-unsaturated/α-hetero) is 1. The molecule has 0 aliphatic carbocycles. The monoisotopic (exact) mass is 221 g/mol. The van der Waals surface area contributed by atoms with Crippen molar-refractivity contribution in [2.24, 2.45) is 5.73 Å². The van der Waals surface area contributed by atoms with Crippen LogP contribution in [0.2, 0.25) is 0 Å². The van der Waals surface area contributed by atoms with E-state index < -0.39 is 6.04 Å². The number of esters is 1. The number of carbonyl (C=O) groups is 2. The van der Waals surface area contributed by atoms with E-state index in [1.165, 1.54) is 13.8 Å². The van der Waals surface area contributed by atoms with Gasteiger partial charge in [-0.1, -0.05) is 24.3 Å². The molecule has 1 aromatic rings. The number of rotatable bonds is 4. The molecule has 0 radical (unpaired) electrons. The molecule has 0 spiro atoms. The van der Waals surface area contributed by atoms with Gasteiger partial charge in [0.05, 0.1) is 6.04 Å². The fraction of sp³-hybridized carbons (Fsp3) is 0.333. The third-order valence-corrected chi connectivity index (χ3v) is 2.19. The second-order valence-corrected chi connectivity index (χ2v) is 3.61. The van der Waals surface area contributed by atoms with Crippen LogP contribution in [0, 0.1) is 0 Å². The summed E-state index contributed by atoms with van der Waals surface area (Å²) in [4.78, 5) is 21.8. The Morgan fingerprint density at radius 2 is 2.06 bits per heavy atom. The van der Waals surface area contributed by atoms with Crippen LogP contribution < -0.4 is 5.73 Å². The molecular formula is C12H15NO3. The highest BCUT2D eigenvalue weighted by molar-refractivity contribution is 5.82. The molecule has 0 amide bonds. The zero-order valence-corrected chi connectivity index (χ0v) is 9.40. The van der Waals surface area contributed by atoms with Crippen LogP contribution in [0.5, 0.6) is 0 Å². The molecule has 0 fully saturated rings. The van der Waals surface area contributed by atoms with E-state index in [2.05, 4.69) is 0 Å². The summed E-state index contributed by atoms with van der Waals surface area (Å²) in [6, 6.07) is 6.55. The second kappa shape index (κ2) is 5.42. The lowest BCUT2D eigenvalue weighted by molar-refractivity contribution is -0.142. The Balaban J connectivity index is 2.78. The van der Waals surface area contributed by atoms with Gasteiger partial charge in [-0.05, 0) is 18.1 Å². The number of ether oxygens (including phenoxy) is 1. The average Bonchev–Trinajstić information content (AvgIpc) is 2.25. The van der Waals surface area contributed by atoms with Gasteiger partial charge in [0.1, 0.15) is 6.61 Å². The van der Waals surface area contributed by atoms with Gasteiger partial charge < -0.3 is 10.5 Å². The van der Waals surface area contributed by atoms with E-state index in [1.807, 2.05) is 6.07 Å². The molecule has 0 saturated heterocycles.